The molecule has 0 bridgehead atoms. The van der Waals surface area contributed by atoms with Gasteiger partial charge in [0.1, 0.15) is 0 Å². The average molecular weight is 290 g/mol. The maximum Gasteiger partial charge on any atom is 0.308 e. The monoisotopic (exact) mass is 290 g/mol. The van der Waals surface area contributed by atoms with Crippen LogP contribution in [0.4, 0.5) is 5.69 Å². The molecule has 2 rings (SSSR count). The van der Waals surface area contributed by atoms with Crippen molar-refractivity contribution in [3.05, 3.63) is 29.8 Å². The third kappa shape index (κ3) is 3.17. The van der Waals surface area contributed by atoms with Crippen LogP contribution in [0.5, 0.6) is 0 Å². The highest BCUT2D eigenvalue weighted by atomic mass is 16.4. The summed E-state index contributed by atoms with van der Waals surface area (Å²) in [5, 5.41) is 12.1. The van der Waals surface area contributed by atoms with Crippen LogP contribution in [0.25, 0.3) is 0 Å². The quantitative estimate of drug-likeness (QED) is 0.739. The van der Waals surface area contributed by atoms with Crippen molar-refractivity contribution in [3.8, 4) is 0 Å². The first-order chi connectivity index (χ1) is 9.82. The number of aliphatic carboxylic acids is 1. The Morgan fingerprint density at radius 2 is 1.86 bits per heavy atom. The highest BCUT2D eigenvalue weighted by Crippen LogP contribution is 2.29. The number of anilines is 1. The Balaban J connectivity index is 2.11. The fourth-order valence-corrected chi connectivity index (χ4v) is 2.81. The predicted octanol–water partition coefficient (Wildman–Crippen LogP) is 1.92. The molecule has 0 spiro atoms. The topological polar surface area (TPSA) is 92.4 Å². The summed E-state index contributed by atoms with van der Waals surface area (Å²) in [5.74, 6) is -1.45. The number of hydrogen-bond acceptors (Lipinski definition) is 3. The molecular formula is C16H22N2O3. The van der Waals surface area contributed by atoms with Crippen molar-refractivity contribution in [1.29, 1.82) is 0 Å². The van der Waals surface area contributed by atoms with Gasteiger partial charge >= 0.3 is 5.97 Å². The van der Waals surface area contributed by atoms with Gasteiger partial charge in [-0.3, -0.25) is 9.59 Å². The lowest BCUT2D eigenvalue weighted by atomic mass is 9.83. The molecule has 1 aliphatic rings. The molecule has 0 aromatic heterocycles. The molecule has 4 N–H and O–H groups in total. The highest BCUT2D eigenvalue weighted by molar-refractivity contribution is 5.88. The summed E-state index contributed by atoms with van der Waals surface area (Å²) in [6, 6.07) is 6.92. The van der Waals surface area contributed by atoms with Crippen molar-refractivity contribution in [1.82, 2.24) is 5.32 Å². The number of hydrogen-bond donors (Lipinski definition) is 3. The zero-order chi connectivity index (χ0) is 15.6. The minimum atomic E-state index is -0.830. The van der Waals surface area contributed by atoms with Gasteiger partial charge in [-0.2, -0.15) is 0 Å². The molecule has 1 aromatic carbocycles. The molecule has 0 saturated heterocycles. The number of amides is 1. The van der Waals surface area contributed by atoms with Gasteiger partial charge in [0.2, 0.25) is 5.91 Å². The second kappa shape index (κ2) is 5.76. The second-order valence-corrected chi connectivity index (χ2v) is 6.20. The minimum Gasteiger partial charge on any atom is -0.481 e. The molecule has 1 fully saturated rings. The van der Waals surface area contributed by atoms with Gasteiger partial charge in [-0.05, 0) is 44.4 Å². The Hall–Kier alpha value is -2.04. The van der Waals surface area contributed by atoms with Crippen LogP contribution < -0.4 is 11.1 Å². The first-order valence-electron chi connectivity index (χ1n) is 7.22. The summed E-state index contributed by atoms with van der Waals surface area (Å²) in [6.45, 7) is 3.66. The molecule has 21 heavy (non-hydrogen) atoms. The number of nitrogens with two attached hydrogens (primary N) is 1. The average Bonchev–Trinajstić information content (AvgIpc) is 2.87. The van der Waals surface area contributed by atoms with E-state index in [-0.39, 0.29) is 11.9 Å². The minimum absolute atomic E-state index is 0.148. The highest BCUT2D eigenvalue weighted by Gasteiger charge is 2.37. The normalized spacial score (nSPS) is 22.0. The van der Waals surface area contributed by atoms with E-state index in [1.807, 2.05) is 26.0 Å². The van der Waals surface area contributed by atoms with Gasteiger partial charge in [-0.15, -0.1) is 0 Å². The first-order valence-corrected chi connectivity index (χ1v) is 7.22. The van der Waals surface area contributed by atoms with Gasteiger partial charge < -0.3 is 16.2 Å². The van der Waals surface area contributed by atoms with E-state index < -0.39 is 17.3 Å². The van der Waals surface area contributed by atoms with Crippen molar-refractivity contribution < 1.29 is 14.7 Å². The van der Waals surface area contributed by atoms with Gasteiger partial charge in [0.25, 0.3) is 0 Å². The summed E-state index contributed by atoms with van der Waals surface area (Å²) in [4.78, 5) is 23.7. The summed E-state index contributed by atoms with van der Waals surface area (Å²) < 4.78 is 0. The number of benzene rings is 1. The number of nitrogen functional groups attached to an aromatic ring is 1. The number of carboxylic acid groups (broad SMARTS) is 1. The molecule has 1 amide bonds. The van der Waals surface area contributed by atoms with E-state index in [0.717, 1.165) is 18.4 Å². The number of nitrogens with one attached hydrogen (secondary N) is 1. The summed E-state index contributed by atoms with van der Waals surface area (Å²) >= 11 is 0. The van der Waals surface area contributed by atoms with Crippen molar-refractivity contribution in [2.45, 2.75) is 44.6 Å². The van der Waals surface area contributed by atoms with Crippen LogP contribution in [0, 0.1) is 5.92 Å². The zero-order valence-corrected chi connectivity index (χ0v) is 12.4. The SMILES string of the molecule is CC(C)(C(=O)NC1CCCC1C(=O)O)c1ccc(N)cc1. The predicted molar refractivity (Wildman–Crippen MR) is 80.8 cm³/mol. The van der Waals surface area contributed by atoms with Crippen LogP contribution in [0.3, 0.4) is 0 Å². The smallest absolute Gasteiger partial charge is 0.308 e. The summed E-state index contributed by atoms with van der Waals surface area (Å²) in [5.41, 5.74) is 6.45. The molecular weight excluding hydrogens is 268 g/mol. The zero-order valence-electron chi connectivity index (χ0n) is 12.4. The van der Waals surface area contributed by atoms with Crippen LogP contribution in [0.1, 0.15) is 38.7 Å². The van der Waals surface area contributed by atoms with Crippen molar-refractivity contribution >= 4 is 17.6 Å². The largest absolute Gasteiger partial charge is 0.481 e. The molecule has 0 radical (unpaired) electrons. The lowest BCUT2D eigenvalue weighted by Crippen LogP contribution is -2.47. The van der Waals surface area contributed by atoms with E-state index in [4.69, 9.17) is 5.73 Å². The summed E-state index contributed by atoms with van der Waals surface area (Å²) in [7, 11) is 0. The third-order valence-electron chi connectivity index (χ3n) is 4.35. The molecule has 1 aromatic rings. The maximum absolute atomic E-state index is 12.5. The molecule has 0 heterocycles. The number of carbonyl (C=O) groups is 2. The Morgan fingerprint density at radius 3 is 2.43 bits per heavy atom. The van der Waals surface area contributed by atoms with E-state index >= 15 is 0 Å². The van der Waals surface area contributed by atoms with E-state index in [2.05, 4.69) is 5.32 Å². The van der Waals surface area contributed by atoms with E-state index in [0.29, 0.717) is 12.1 Å². The Bertz CT molecular complexity index is 537. The van der Waals surface area contributed by atoms with E-state index in [1.54, 1.807) is 12.1 Å². The van der Waals surface area contributed by atoms with Crippen LogP contribution in [-0.4, -0.2) is 23.0 Å². The fraction of sp³-hybridized carbons (Fsp3) is 0.500. The Kier molecular flexibility index (Phi) is 4.21. The van der Waals surface area contributed by atoms with Gasteiger partial charge in [-0.1, -0.05) is 18.6 Å². The molecule has 114 valence electrons. The Labute approximate surface area is 124 Å². The molecule has 2 unspecified atom stereocenters. The molecule has 1 saturated carbocycles. The standard InChI is InChI=1S/C16H22N2O3/c1-16(2,10-6-8-11(17)9-7-10)15(21)18-13-5-3-4-12(13)14(19)20/h6-9,12-13H,3-5,17H2,1-2H3,(H,18,21)(H,19,20). The van der Waals surface area contributed by atoms with Gasteiger partial charge in [0, 0.05) is 11.7 Å². The molecule has 5 nitrogen and oxygen atoms in total. The van der Waals surface area contributed by atoms with Crippen molar-refractivity contribution in [3.63, 3.8) is 0 Å². The van der Waals surface area contributed by atoms with Gasteiger partial charge in [-0.25, -0.2) is 0 Å². The molecule has 2 atom stereocenters. The maximum atomic E-state index is 12.5. The second-order valence-electron chi connectivity index (χ2n) is 6.20. The summed E-state index contributed by atoms with van der Waals surface area (Å²) in [6.07, 6.45) is 2.19. The number of rotatable bonds is 4. The fourth-order valence-electron chi connectivity index (χ4n) is 2.81. The molecule has 0 aliphatic heterocycles. The van der Waals surface area contributed by atoms with Crippen LogP contribution in [0.15, 0.2) is 24.3 Å². The van der Waals surface area contributed by atoms with Crippen LogP contribution >= 0.6 is 0 Å². The lowest BCUT2D eigenvalue weighted by molar-refractivity contribution is -0.142. The van der Waals surface area contributed by atoms with Crippen LogP contribution in [-0.2, 0) is 15.0 Å². The third-order valence-corrected chi connectivity index (χ3v) is 4.35. The molecule has 1 aliphatic carbocycles. The van der Waals surface area contributed by atoms with E-state index in [9.17, 15) is 14.7 Å². The van der Waals surface area contributed by atoms with Crippen molar-refractivity contribution in [2.75, 3.05) is 5.73 Å². The van der Waals surface area contributed by atoms with E-state index in [1.165, 1.54) is 0 Å². The Morgan fingerprint density at radius 1 is 1.24 bits per heavy atom. The van der Waals surface area contributed by atoms with Crippen LogP contribution in [0.2, 0.25) is 0 Å². The number of carboxylic acids is 1. The van der Waals surface area contributed by atoms with Crippen molar-refractivity contribution in [2.24, 2.45) is 5.92 Å². The lowest BCUT2D eigenvalue weighted by Gasteiger charge is -2.28. The van der Waals surface area contributed by atoms with Gasteiger partial charge in [0.05, 0.1) is 11.3 Å². The number of carbonyl (C=O) groups excluding carboxylic acids is 1. The first kappa shape index (κ1) is 15.4. The van der Waals surface area contributed by atoms with Gasteiger partial charge in [0.15, 0.2) is 0 Å². The molecule has 5 heteroatoms.